The molecule has 0 aromatic heterocycles. The normalized spacial score (nSPS) is 12.1. The van der Waals surface area contributed by atoms with E-state index in [0.717, 1.165) is 15.6 Å². The summed E-state index contributed by atoms with van der Waals surface area (Å²) in [4.78, 5) is 12.2. The highest BCUT2D eigenvalue weighted by Crippen LogP contribution is 2.12. The number of nitriles is 1. The smallest absolute Gasteiger partial charge is 0.263 e. The lowest BCUT2D eigenvalue weighted by molar-refractivity contribution is -0.117. The van der Waals surface area contributed by atoms with Crippen molar-refractivity contribution in [3.05, 3.63) is 82.0 Å². The van der Waals surface area contributed by atoms with Crippen LogP contribution in [0.5, 0.6) is 0 Å². The number of amides is 1. The highest BCUT2D eigenvalue weighted by atomic mass is 79.9. The van der Waals surface area contributed by atoms with Crippen LogP contribution in [0.1, 0.15) is 24.1 Å². The zero-order valence-corrected chi connectivity index (χ0v) is 14.9. The lowest BCUT2D eigenvalue weighted by Gasteiger charge is -2.13. The van der Waals surface area contributed by atoms with E-state index in [1.807, 2.05) is 67.6 Å². The molecule has 0 aliphatic carbocycles. The summed E-state index contributed by atoms with van der Waals surface area (Å²) >= 11 is 3.38. The summed E-state index contributed by atoms with van der Waals surface area (Å²) in [5.74, 6) is -0.392. The molecule has 0 saturated carbocycles. The van der Waals surface area contributed by atoms with Gasteiger partial charge in [0.25, 0.3) is 5.91 Å². The number of nitrogens with zero attached hydrogens (tertiary/aromatic N) is 1. The van der Waals surface area contributed by atoms with E-state index >= 15 is 0 Å². The monoisotopic (exact) mass is 383 g/mol. The van der Waals surface area contributed by atoms with Gasteiger partial charge in [0.05, 0.1) is 6.04 Å². The molecule has 5 heteroatoms. The average Bonchev–Trinajstić information content (AvgIpc) is 2.61. The number of benzene rings is 2. The predicted octanol–water partition coefficient (Wildman–Crippen LogP) is 3.82. The molecule has 2 N–H and O–H groups in total. The SMILES string of the molecule is CC(NC(=O)/C(C#N)=C\NCc1ccc(Br)cc1)c1ccccc1. The Bertz CT molecular complexity index is 748. The van der Waals surface area contributed by atoms with Gasteiger partial charge in [0.15, 0.2) is 0 Å². The second-order valence-electron chi connectivity index (χ2n) is 5.28. The molecule has 0 aliphatic heterocycles. The fourth-order valence-electron chi connectivity index (χ4n) is 2.12. The zero-order chi connectivity index (χ0) is 17.4. The van der Waals surface area contributed by atoms with Crippen molar-refractivity contribution < 1.29 is 4.79 Å². The van der Waals surface area contributed by atoms with Crippen LogP contribution in [0.25, 0.3) is 0 Å². The van der Waals surface area contributed by atoms with Crippen LogP contribution in [0.2, 0.25) is 0 Å². The molecule has 0 bridgehead atoms. The molecule has 0 saturated heterocycles. The number of hydrogen-bond donors (Lipinski definition) is 2. The van der Waals surface area contributed by atoms with Crippen molar-refractivity contribution in [3.63, 3.8) is 0 Å². The second kappa shape index (κ2) is 8.90. The van der Waals surface area contributed by atoms with Crippen molar-refractivity contribution in [3.8, 4) is 6.07 Å². The van der Waals surface area contributed by atoms with Crippen LogP contribution in [0.15, 0.2) is 70.8 Å². The molecule has 0 heterocycles. The molecule has 2 aromatic rings. The highest BCUT2D eigenvalue weighted by molar-refractivity contribution is 9.10. The Morgan fingerprint density at radius 1 is 1.21 bits per heavy atom. The van der Waals surface area contributed by atoms with E-state index in [-0.39, 0.29) is 11.6 Å². The van der Waals surface area contributed by atoms with Gasteiger partial charge in [-0.05, 0) is 30.2 Å². The van der Waals surface area contributed by atoms with Crippen molar-refractivity contribution in [1.82, 2.24) is 10.6 Å². The minimum Gasteiger partial charge on any atom is -0.386 e. The van der Waals surface area contributed by atoms with Crippen LogP contribution in [0, 0.1) is 11.3 Å². The molecule has 4 nitrogen and oxygen atoms in total. The molecule has 1 atom stereocenters. The summed E-state index contributed by atoms with van der Waals surface area (Å²) in [7, 11) is 0. The number of carbonyl (C=O) groups is 1. The van der Waals surface area contributed by atoms with Gasteiger partial charge in [-0.25, -0.2) is 0 Å². The Morgan fingerprint density at radius 2 is 1.88 bits per heavy atom. The minimum absolute atomic E-state index is 0.0508. The van der Waals surface area contributed by atoms with E-state index in [2.05, 4.69) is 26.6 Å². The second-order valence-corrected chi connectivity index (χ2v) is 6.20. The Morgan fingerprint density at radius 3 is 2.50 bits per heavy atom. The van der Waals surface area contributed by atoms with Gasteiger partial charge in [0.1, 0.15) is 11.6 Å². The molecule has 2 rings (SSSR count). The van der Waals surface area contributed by atoms with Gasteiger partial charge >= 0.3 is 0 Å². The maximum absolute atomic E-state index is 12.2. The average molecular weight is 384 g/mol. The number of carbonyl (C=O) groups excluding carboxylic acids is 1. The van der Waals surface area contributed by atoms with Gasteiger partial charge in [-0.3, -0.25) is 4.79 Å². The fraction of sp³-hybridized carbons (Fsp3) is 0.158. The summed E-state index contributed by atoms with van der Waals surface area (Å²) in [6.07, 6.45) is 1.45. The van der Waals surface area contributed by atoms with E-state index in [0.29, 0.717) is 6.54 Å². The van der Waals surface area contributed by atoms with Gasteiger partial charge < -0.3 is 10.6 Å². The molecule has 2 aromatic carbocycles. The van der Waals surface area contributed by atoms with E-state index < -0.39 is 5.91 Å². The number of rotatable bonds is 6. The van der Waals surface area contributed by atoms with Crippen LogP contribution in [-0.2, 0) is 11.3 Å². The van der Waals surface area contributed by atoms with Crippen LogP contribution >= 0.6 is 15.9 Å². The van der Waals surface area contributed by atoms with Crippen LogP contribution in [0.4, 0.5) is 0 Å². The summed E-state index contributed by atoms with van der Waals surface area (Å²) in [6, 6.07) is 19.2. The first kappa shape index (κ1) is 17.8. The molecule has 1 unspecified atom stereocenters. The molecule has 24 heavy (non-hydrogen) atoms. The Kier molecular flexibility index (Phi) is 6.59. The Balaban J connectivity index is 1.93. The lowest BCUT2D eigenvalue weighted by Crippen LogP contribution is -2.28. The van der Waals surface area contributed by atoms with Crippen molar-refractivity contribution in [1.29, 1.82) is 5.26 Å². The van der Waals surface area contributed by atoms with Gasteiger partial charge in [0.2, 0.25) is 0 Å². The zero-order valence-electron chi connectivity index (χ0n) is 13.3. The first-order valence-corrected chi connectivity index (χ1v) is 8.33. The summed E-state index contributed by atoms with van der Waals surface area (Å²) < 4.78 is 1.01. The third kappa shape index (κ3) is 5.25. The molecule has 122 valence electrons. The van der Waals surface area contributed by atoms with Crippen LogP contribution < -0.4 is 10.6 Å². The molecular weight excluding hydrogens is 366 g/mol. The first-order chi connectivity index (χ1) is 11.6. The summed E-state index contributed by atoms with van der Waals surface area (Å²) in [5, 5.41) is 15.0. The van der Waals surface area contributed by atoms with Gasteiger partial charge in [0, 0.05) is 17.2 Å². The van der Waals surface area contributed by atoms with Crippen molar-refractivity contribution in [2.75, 3.05) is 0 Å². The molecule has 0 spiro atoms. The Labute approximate surface area is 150 Å². The van der Waals surface area contributed by atoms with E-state index in [1.165, 1.54) is 6.20 Å². The third-order valence-corrected chi connectivity index (χ3v) is 4.01. The topological polar surface area (TPSA) is 64.9 Å². The van der Waals surface area contributed by atoms with E-state index in [4.69, 9.17) is 0 Å². The first-order valence-electron chi connectivity index (χ1n) is 7.54. The summed E-state index contributed by atoms with van der Waals surface area (Å²) in [5.41, 5.74) is 2.10. The highest BCUT2D eigenvalue weighted by Gasteiger charge is 2.13. The van der Waals surface area contributed by atoms with Crippen molar-refractivity contribution in [2.45, 2.75) is 19.5 Å². The van der Waals surface area contributed by atoms with Crippen molar-refractivity contribution >= 4 is 21.8 Å². The molecular formula is C19H18BrN3O. The number of hydrogen-bond acceptors (Lipinski definition) is 3. The molecule has 0 radical (unpaired) electrons. The standard InChI is InChI=1S/C19H18BrN3O/c1-14(16-5-3-2-4-6-16)23-19(24)17(11-21)13-22-12-15-7-9-18(20)10-8-15/h2-10,13-14,22H,12H2,1H3,(H,23,24)/b17-13-. The van der Waals surface area contributed by atoms with Crippen LogP contribution in [0.3, 0.4) is 0 Å². The maximum Gasteiger partial charge on any atom is 0.263 e. The van der Waals surface area contributed by atoms with Gasteiger partial charge in [-0.1, -0.05) is 58.4 Å². The van der Waals surface area contributed by atoms with Gasteiger partial charge in [-0.2, -0.15) is 5.26 Å². The minimum atomic E-state index is -0.392. The molecule has 0 aliphatic rings. The van der Waals surface area contributed by atoms with E-state index in [9.17, 15) is 10.1 Å². The van der Waals surface area contributed by atoms with E-state index in [1.54, 1.807) is 0 Å². The molecule has 1 amide bonds. The lowest BCUT2D eigenvalue weighted by atomic mass is 10.1. The number of halogens is 1. The van der Waals surface area contributed by atoms with Gasteiger partial charge in [-0.15, -0.1) is 0 Å². The third-order valence-electron chi connectivity index (χ3n) is 3.48. The predicted molar refractivity (Wildman–Crippen MR) is 97.7 cm³/mol. The Hall–Kier alpha value is -2.58. The quantitative estimate of drug-likeness (QED) is 0.588. The number of nitrogens with one attached hydrogen (secondary N) is 2. The fourth-order valence-corrected chi connectivity index (χ4v) is 2.39. The summed E-state index contributed by atoms with van der Waals surface area (Å²) in [6.45, 7) is 2.43. The maximum atomic E-state index is 12.2. The van der Waals surface area contributed by atoms with Crippen molar-refractivity contribution in [2.24, 2.45) is 0 Å². The largest absolute Gasteiger partial charge is 0.386 e. The van der Waals surface area contributed by atoms with Crippen LogP contribution in [-0.4, -0.2) is 5.91 Å². The molecule has 0 fully saturated rings.